The van der Waals surface area contributed by atoms with E-state index in [4.69, 9.17) is 0 Å². The molecular weight excluding hydrogens is 438 g/mol. The molecule has 168 valence electrons. The molecule has 0 radical (unpaired) electrons. The van der Waals surface area contributed by atoms with Crippen LogP contribution in [0.15, 0.2) is 47.4 Å². The van der Waals surface area contributed by atoms with Crippen molar-refractivity contribution in [2.75, 3.05) is 13.1 Å². The minimum absolute atomic E-state index is 0.0766. The van der Waals surface area contributed by atoms with E-state index in [1.54, 1.807) is 10.6 Å². The summed E-state index contributed by atoms with van der Waals surface area (Å²) in [5.74, 6) is -1.71. The Bertz CT molecular complexity index is 1330. The number of aliphatic carboxylic acids is 1. The Labute approximate surface area is 184 Å². The number of sulfonamides is 1. The highest BCUT2D eigenvalue weighted by atomic mass is 32.2. The maximum Gasteiger partial charge on any atom is 0.323 e. The zero-order chi connectivity index (χ0) is 22.8. The number of nitrogens with zero attached hydrogens (tertiary/aromatic N) is 2. The Morgan fingerprint density at radius 2 is 1.72 bits per heavy atom. The molecule has 1 aliphatic heterocycles. The molecule has 2 heterocycles. The summed E-state index contributed by atoms with van der Waals surface area (Å²) < 4.78 is 55.8. The summed E-state index contributed by atoms with van der Waals surface area (Å²) in [5, 5.41) is 10.0. The Morgan fingerprint density at radius 1 is 1.09 bits per heavy atom. The first-order valence-corrected chi connectivity index (χ1v) is 11.8. The van der Waals surface area contributed by atoms with Gasteiger partial charge in [-0.05, 0) is 79.1 Å². The smallest absolute Gasteiger partial charge is 0.323 e. The second-order valence-electron chi connectivity index (χ2n) is 8.97. The van der Waals surface area contributed by atoms with Crippen molar-refractivity contribution >= 4 is 26.9 Å². The fourth-order valence-electron chi connectivity index (χ4n) is 5.41. The van der Waals surface area contributed by atoms with Gasteiger partial charge in [0.1, 0.15) is 18.2 Å². The fourth-order valence-corrected chi connectivity index (χ4v) is 7.08. The van der Waals surface area contributed by atoms with Crippen LogP contribution in [-0.2, 0) is 21.4 Å². The third-order valence-corrected chi connectivity index (χ3v) is 8.68. The van der Waals surface area contributed by atoms with Crippen molar-refractivity contribution in [2.24, 2.45) is 5.41 Å². The van der Waals surface area contributed by atoms with Gasteiger partial charge in [-0.1, -0.05) is 0 Å². The lowest BCUT2D eigenvalue weighted by molar-refractivity contribution is -0.137. The summed E-state index contributed by atoms with van der Waals surface area (Å²) in [4.78, 5) is 11.4. The van der Waals surface area contributed by atoms with Crippen molar-refractivity contribution in [2.45, 2.75) is 37.1 Å². The predicted molar refractivity (Wildman–Crippen MR) is 114 cm³/mol. The molecule has 32 heavy (non-hydrogen) atoms. The van der Waals surface area contributed by atoms with E-state index in [9.17, 15) is 27.1 Å². The number of hydrogen-bond acceptors (Lipinski definition) is 3. The third-order valence-electron chi connectivity index (χ3n) is 6.87. The lowest BCUT2D eigenvalue weighted by Crippen LogP contribution is -2.63. The summed E-state index contributed by atoms with van der Waals surface area (Å²) in [5.41, 5.74) is 2.32. The van der Waals surface area contributed by atoms with Crippen LogP contribution in [0.1, 0.15) is 30.0 Å². The van der Waals surface area contributed by atoms with Crippen molar-refractivity contribution < 1.29 is 27.1 Å². The maximum absolute atomic E-state index is 14.0. The summed E-state index contributed by atoms with van der Waals surface area (Å²) in [7, 11) is -3.66. The number of carboxylic acids is 1. The molecule has 3 aromatic rings. The van der Waals surface area contributed by atoms with Gasteiger partial charge >= 0.3 is 5.97 Å². The largest absolute Gasteiger partial charge is 0.480 e. The SMILES string of the molecule is Cc1c(C2CC3(C2)CN(S(=O)(=O)c2ccc(F)cc2)C3)c2cc(F)ccc2n1CC(=O)O. The fraction of sp³-hybridized carbons (Fsp3) is 0.348. The van der Waals surface area contributed by atoms with Crippen LogP contribution in [0.4, 0.5) is 8.78 Å². The number of rotatable bonds is 5. The van der Waals surface area contributed by atoms with Crippen LogP contribution >= 0.6 is 0 Å². The average Bonchev–Trinajstić information content (AvgIpc) is 2.91. The van der Waals surface area contributed by atoms with Gasteiger partial charge in [-0.15, -0.1) is 0 Å². The van der Waals surface area contributed by atoms with Crippen molar-refractivity contribution in [3.8, 4) is 0 Å². The van der Waals surface area contributed by atoms with Gasteiger partial charge in [0, 0.05) is 29.7 Å². The molecule has 1 spiro atoms. The number of hydrogen-bond donors (Lipinski definition) is 1. The molecule has 0 unspecified atom stereocenters. The minimum Gasteiger partial charge on any atom is -0.480 e. The zero-order valence-corrected chi connectivity index (χ0v) is 18.2. The predicted octanol–water partition coefficient (Wildman–Crippen LogP) is 3.88. The normalized spacial score (nSPS) is 18.6. The Kier molecular flexibility index (Phi) is 4.69. The van der Waals surface area contributed by atoms with Gasteiger partial charge in [0.25, 0.3) is 0 Å². The molecule has 5 rings (SSSR count). The average molecular weight is 461 g/mol. The molecule has 0 amide bonds. The van der Waals surface area contributed by atoms with Gasteiger partial charge in [0.2, 0.25) is 10.0 Å². The second kappa shape index (κ2) is 7.11. The number of aromatic nitrogens is 1. The number of carboxylic acid groups (broad SMARTS) is 1. The van der Waals surface area contributed by atoms with Crippen LogP contribution in [0.5, 0.6) is 0 Å². The highest BCUT2D eigenvalue weighted by Crippen LogP contribution is 2.58. The van der Waals surface area contributed by atoms with E-state index in [1.807, 2.05) is 6.92 Å². The lowest BCUT2D eigenvalue weighted by Gasteiger charge is -2.58. The van der Waals surface area contributed by atoms with Gasteiger partial charge in [-0.25, -0.2) is 17.2 Å². The van der Waals surface area contributed by atoms with E-state index in [-0.39, 0.29) is 28.6 Å². The molecule has 1 saturated carbocycles. The van der Waals surface area contributed by atoms with E-state index >= 15 is 0 Å². The number of fused-ring (bicyclic) bond motifs is 1. The minimum atomic E-state index is -3.66. The van der Waals surface area contributed by atoms with Crippen molar-refractivity contribution in [1.82, 2.24) is 8.87 Å². The summed E-state index contributed by atoms with van der Waals surface area (Å²) >= 11 is 0. The van der Waals surface area contributed by atoms with Gasteiger partial charge in [-0.2, -0.15) is 4.31 Å². The van der Waals surface area contributed by atoms with E-state index in [0.29, 0.717) is 18.6 Å². The van der Waals surface area contributed by atoms with Crippen LogP contribution in [0.25, 0.3) is 10.9 Å². The highest BCUT2D eigenvalue weighted by molar-refractivity contribution is 7.89. The molecule has 1 aromatic heterocycles. The first-order chi connectivity index (χ1) is 15.1. The Balaban J connectivity index is 1.36. The summed E-state index contributed by atoms with van der Waals surface area (Å²) in [6.45, 7) is 2.44. The van der Waals surface area contributed by atoms with Gasteiger partial charge in [0.15, 0.2) is 0 Å². The van der Waals surface area contributed by atoms with Crippen LogP contribution in [0.2, 0.25) is 0 Å². The zero-order valence-electron chi connectivity index (χ0n) is 17.4. The van der Waals surface area contributed by atoms with Gasteiger partial charge in [0.05, 0.1) is 4.90 Å². The van der Waals surface area contributed by atoms with Crippen LogP contribution in [0.3, 0.4) is 0 Å². The molecule has 1 aliphatic carbocycles. The number of benzene rings is 2. The lowest BCUT2D eigenvalue weighted by atomic mass is 9.56. The van der Waals surface area contributed by atoms with E-state index < -0.39 is 21.8 Å². The van der Waals surface area contributed by atoms with Crippen molar-refractivity contribution in [3.05, 3.63) is 65.4 Å². The molecule has 9 heteroatoms. The van der Waals surface area contributed by atoms with E-state index in [2.05, 4.69) is 0 Å². The van der Waals surface area contributed by atoms with E-state index in [0.717, 1.165) is 41.6 Å². The number of carbonyl (C=O) groups is 1. The highest BCUT2D eigenvalue weighted by Gasteiger charge is 2.56. The van der Waals surface area contributed by atoms with Crippen molar-refractivity contribution in [1.29, 1.82) is 0 Å². The monoisotopic (exact) mass is 460 g/mol. The first-order valence-electron chi connectivity index (χ1n) is 10.4. The van der Waals surface area contributed by atoms with Gasteiger partial charge < -0.3 is 9.67 Å². The summed E-state index contributed by atoms with van der Waals surface area (Å²) in [6.07, 6.45) is 1.51. The Hall–Kier alpha value is -2.78. The van der Waals surface area contributed by atoms with Gasteiger partial charge in [-0.3, -0.25) is 4.79 Å². The molecule has 1 N–H and O–H groups in total. The van der Waals surface area contributed by atoms with Crippen molar-refractivity contribution in [3.63, 3.8) is 0 Å². The molecule has 0 bridgehead atoms. The first kappa shape index (κ1) is 21.1. The van der Waals surface area contributed by atoms with Crippen LogP contribution in [-0.4, -0.2) is 41.5 Å². The molecule has 0 atom stereocenters. The molecular formula is C23H22F2N2O4S. The second-order valence-corrected chi connectivity index (χ2v) is 10.9. The van der Waals surface area contributed by atoms with Crippen LogP contribution in [0, 0.1) is 24.0 Å². The Morgan fingerprint density at radius 3 is 2.34 bits per heavy atom. The van der Waals surface area contributed by atoms with E-state index in [1.165, 1.54) is 28.6 Å². The van der Waals surface area contributed by atoms with Crippen LogP contribution < -0.4 is 0 Å². The number of halogens is 2. The molecule has 2 fully saturated rings. The quantitative estimate of drug-likeness (QED) is 0.627. The maximum atomic E-state index is 14.0. The topological polar surface area (TPSA) is 79.6 Å². The standard InChI is InChI=1S/C23H22F2N2O4S/c1-14-22(19-8-17(25)4-7-20(19)27(14)11-21(28)29)15-9-23(10-15)12-26(13-23)32(30,31)18-5-2-16(24)3-6-18/h2-8,15H,9-13H2,1H3,(H,28,29). The molecule has 1 saturated heterocycles. The molecule has 6 nitrogen and oxygen atoms in total. The molecule has 2 aliphatic rings. The summed E-state index contributed by atoms with van der Waals surface area (Å²) in [6, 6.07) is 9.21. The molecule has 2 aromatic carbocycles. The third kappa shape index (κ3) is 3.22.